The second-order valence-corrected chi connectivity index (χ2v) is 7.58. The van der Waals surface area contributed by atoms with Gasteiger partial charge in [-0.2, -0.15) is 0 Å². The molecule has 0 saturated carbocycles. The smallest absolute Gasteiger partial charge is 0.414 e. The average molecular weight is 493 g/mol. The summed E-state index contributed by atoms with van der Waals surface area (Å²) in [6.45, 7) is 1.98. The molecule has 2 heterocycles. The molecule has 34 heavy (non-hydrogen) atoms. The second-order valence-electron chi connectivity index (χ2n) is 6.72. The van der Waals surface area contributed by atoms with Crippen molar-refractivity contribution >= 4 is 51.2 Å². The molecule has 0 fully saturated rings. The molecular formula is C21H24N4O8S. The molecule has 0 radical (unpaired) electrons. The Balaban J connectivity index is 0.000000401. The topological polar surface area (TPSA) is 190 Å². The summed E-state index contributed by atoms with van der Waals surface area (Å²) in [4.78, 5) is 48.5. The van der Waals surface area contributed by atoms with Crippen molar-refractivity contribution in [1.82, 2.24) is 14.9 Å². The lowest BCUT2D eigenvalue weighted by Gasteiger charge is -2.11. The zero-order chi connectivity index (χ0) is 25.7. The van der Waals surface area contributed by atoms with Crippen molar-refractivity contribution in [2.24, 2.45) is 0 Å². The van der Waals surface area contributed by atoms with Crippen molar-refractivity contribution in [3.05, 3.63) is 42.0 Å². The van der Waals surface area contributed by atoms with E-state index in [1.165, 1.54) is 11.1 Å². The van der Waals surface area contributed by atoms with Gasteiger partial charge < -0.3 is 30.6 Å². The molecular weight excluding hydrogens is 468 g/mol. The predicted octanol–water partition coefficient (Wildman–Crippen LogP) is 2.03. The third kappa shape index (κ3) is 9.58. The van der Waals surface area contributed by atoms with E-state index >= 15 is 0 Å². The zero-order valence-electron chi connectivity index (χ0n) is 18.3. The Morgan fingerprint density at radius 1 is 0.912 bits per heavy atom. The van der Waals surface area contributed by atoms with E-state index in [0.717, 1.165) is 35.5 Å². The first-order chi connectivity index (χ1) is 16.0. The molecule has 0 spiro atoms. The molecule has 12 nitrogen and oxygen atoms in total. The fourth-order valence-corrected chi connectivity index (χ4v) is 3.36. The first kappa shape index (κ1) is 27.9. The highest BCUT2D eigenvalue weighted by Crippen LogP contribution is 2.36. The Morgan fingerprint density at radius 2 is 1.47 bits per heavy atom. The van der Waals surface area contributed by atoms with Crippen molar-refractivity contribution in [2.45, 2.75) is 6.42 Å². The van der Waals surface area contributed by atoms with Crippen molar-refractivity contribution in [2.75, 3.05) is 32.5 Å². The lowest BCUT2D eigenvalue weighted by molar-refractivity contribution is -0.159. The number of nitrogens with zero attached hydrogens (tertiary/aromatic N) is 3. The largest absolute Gasteiger partial charge is 0.473 e. The third-order valence-corrected chi connectivity index (χ3v) is 4.78. The molecule has 13 heteroatoms. The van der Waals surface area contributed by atoms with Crippen molar-refractivity contribution in [3.8, 4) is 11.1 Å². The number of rotatable bonds is 6. The first-order valence-electron chi connectivity index (χ1n) is 9.63. The van der Waals surface area contributed by atoms with Gasteiger partial charge in [0.2, 0.25) is 0 Å². The van der Waals surface area contributed by atoms with Crippen molar-refractivity contribution in [1.29, 1.82) is 0 Å². The number of fused-ring (bicyclic) bond motifs is 1. The minimum atomic E-state index is -1.82. The predicted molar refractivity (Wildman–Crippen MR) is 125 cm³/mol. The summed E-state index contributed by atoms with van der Waals surface area (Å²) in [5.41, 5.74) is 2.41. The molecule has 0 aliphatic heterocycles. The minimum absolute atomic E-state index is 0.911. The Bertz CT molecular complexity index is 1070. The maximum absolute atomic E-state index is 9.10. The lowest BCUT2D eigenvalue weighted by atomic mass is 10.1. The Hall–Kier alpha value is -4.10. The van der Waals surface area contributed by atoms with Gasteiger partial charge in [-0.15, -0.1) is 11.3 Å². The van der Waals surface area contributed by atoms with Gasteiger partial charge in [-0.1, -0.05) is 30.3 Å². The fraction of sp³-hybridized carbons (Fsp3) is 0.238. The number of aliphatic carboxylic acids is 4. The van der Waals surface area contributed by atoms with Crippen LogP contribution < -0.4 is 5.32 Å². The van der Waals surface area contributed by atoms with Gasteiger partial charge in [-0.25, -0.2) is 29.1 Å². The number of hydrogen-bond acceptors (Lipinski definition) is 9. The van der Waals surface area contributed by atoms with Crippen LogP contribution in [0, 0.1) is 0 Å². The number of carbonyl (C=O) groups is 4. The minimum Gasteiger partial charge on any atom is -0.473 e. The number of aromatic nitrogens is 2. The molecule has 0 aliphatic carbocycles. The molecule has 1 aromatic carbocycles. The van der Waals surface area contributed by atoms with Crippen molar-refractivity contribution < 1.29 is 39.6 Å². The van der Waals surface area contributed by atoms with Crippen LogP contribution in [0.5, 0.6) is 0 Å². The van der Waals surface area contributed by atoms with Gasteiger partial charge in [0, 0.05) is 17.5 Å². The number of anilines is 1. The fourth-order valence-electron chi connectivity index (χ4n) is 2.44. The maximum Gasteiger partial charge on any atom is 0.414 e. The van der Waals surface area contributed by atoms with E-state index in [4.69, 9.17) is 39.6 Å². The van der Waals surface area contributed by atoms with Gasteiger partial charge in [-0.05, 0) is 32.6 Å². The molecule has 2 aromatic heterocycles. The van der Waals surface area contributed by atoms with Gasteiger partial charge in [0.25, 0.3) is 0 Å². The summed E-state index contributed by atoms with van der Waals surface area (Å²) in [7, 11) is 4.19. The van der Waals surface area contributed by atoms with Gasteiger partial charge >= 0.3 is 23.9 Å². The standard InChI is InChI=1S/C17H20N4S.2C2H2O4/c1-21(2)10-6-9-18-16-15-14(13-7-4-3-5-8-13)11-22-17(15)20-12-19-16;2*3-1(4)2(5)6/h3-5,7-8,11-12H,6,9-10H2,1-2H3,(H,18,19,20);2*(H,3,4)(H,5,6). The average Bonchev–Trinajstić information content (AvgIpc) is 3.23. The normalized spacial score (nSPS) is 9.85. The molecule has 0 amide bonds. The summed E-state index contributed by atoms with van der Waals surface area (Å²) in [6, 6.07) is 10.4. The lowest BCUT2D eigenvalue weighted by Crippen LogP contribution is -2.16. The number of carboxylic acids is 4. The monoisotopic (exact) mass is 492 g/mol. The number of hydrogen-bond donors (Lipinski definition) is 5. The van der Waals surface area contributed by atoms with Crippen LogP contribution in [0.15, 0.2) is 42.0 Å². The Morgan fingerprint density at radius 3 is 1.97 bits per heavy atom. The summed E-state index contributed by atoms with van der Waals surface area (Å²) < 4.78 is 0. The Labute approximate surface area is 198 Å². The molecule has 5 N–H and O–H groups in total. The number of carboxylic acid groups (broad SMARTS) is 4. The van der Waals surface area contributed by atoms with E-state index in [9.17, 15) is 0 Å². The van der Waals surface area contributed by atoms with Gasteiger partial charge in [0.1, 0.15) is 17.0 Å². The zero-order valence-corrected chi connectivity index (χ0v) is 19.2. The molecule has 0 saturated heterocycles. The summed E-state index contributed by atoms with van der Waals surface area (Å²) in [5, 5.41) is 36.3. The molecule has 182 valence electrons. The van der Waals surface area contributed by atoms with Crippen LogP contribution in [0.3, 0.4) is 0 Å². The maximum atomic E-state index is 9.10. The SMILES string of the molecule is CN(C)CCCNc1ncnc2scc(-c3ccccc3)c12.O=C(O)C(=O)O.O=C(O)C(=O)O. The Kier molecular flexibility index (Phi) is 11.6. The van der Waals surface area contributed by atoms with Crippen LogP contribution in [0.25, 0.3) is 21.3 Å². The molecule has 0 aliphatic rings. The molecule has 3 aromatic rings. The highest BCUT2D eigenvalue weighted by molar-refractivity contribution is 7.17. The summed E-state index contributed by atoms with van der Waals surface area (Å²) >= 11 is 1.67. The van der Waals surface area contributed by atoms with Crippen LogP contribution in [-0.4, -0.2) is 86.4 Å². The van der Waals surface area contributed by atoms with E-state index < -0.39 is 23.9 Å². The number of nitrogens with one attached hydrogen (secondary N) is 1. The van der Waals surface area contributed by atoms with Crippen LogP contribution in [0.4, 0.5) is 5.82 Å². The van der Waals surface area contributed by atoms with E-state index in [-0.39, 0.29) is 0 Å². The molecule has 0 atom stereocenters. The molecule has 3 rings (SSSR count). The quantitative estimate of drug-likeness (QED) is 0.249. The number of benzene rings is 1. The third-order valence-electron chi connectivity index (χ3n) is 3.90. The van der Waals surface area contributed by atoms with Crippen LogP contribution in [0.1, 0.15) is 6.42 Å². The van der Waals surface area contributed by atoms with E-state index in [0.29, 0.717) is 0 Å². The summed E-state index contributed by atoms with van der Waals surface area (Å²) in [5.74, 6) is -6.36. The molecule has 0 unspecified atom stereocenters. The van der Waals surface area contributed by atoms with E-state index in [1.807, 2.05) is 6.07 Å². The van der Waals surface area contributed by atoms with Gasteiger partial charge in [-0.3, -0.25) is 0 Å². The second kappa shape index (κ2) is 14.1. The van der Waals surface area contributed by atoms with E-state index in [2.05, 4.69) is 63.9 Å². The van der Waals surface area contributed by atoms with Crippen LogP contribution in [-0.2, 0) is 19.2 Å². The van der Waals surface area contributed by atoms with Crippen LogP contribution >= 0.6 is 11.3 Å². The highest BCUT2D eigenvalue weighted by Gasteiger charge is 2.12. The van der Waals surface area contributed by atoms with Gasteiger partial charge in [0.05, 0.1) is 5.39 Å². The van der Waals surface area contributed by atoms with Gasteiger partial charge in [0.15, 0.2) is 0 Å². The highest BCUT2D eigenvalue weighted by atomic mass is 32.1. The van der Waals surface area contributed by atoms with Crippen LogP contribution in [0.2, 0.25) is 0 Å². The van der Waals surface area contributed by atoms with E-state index in [1.54, 1.807) is 17.7 Å². The number of thiophene rings is 1. The summed E-state index contributed by atoms with van der Waals surface area (Å²) in [6.07, 6.45) is 2.73. The molecule has 0 bridgehead atoms. The first-order valence-corrected chi connectivity index (χ1v) is 10.5. The van der Waals surface area contributed by atoms with Crippen molar-refractivity contribution in [3.63, 3.8) is 0 Å².